The second-order valence-electron chi connectivity index (χ2n) is 13.2. The third-order valence-corrected chi connectivity index (χ3v) is 8.27. The molecule has 61 heavy (non-hydrogen) atoms. The average Bonchev–Trinajstić information content (AvgIpc) is 3.18. The summed E-state index contributed by atoms with van der Waals surface area (Å²) in [5.41, 5.74) is 0.797. The van der Waals surface area contributed by atoms with Crippen LogP contribution in [0.5, 0.6) is 0 Å². The number of rotatable bonds is 20. The van der Waals surface area contributed by atoms with Gasteiger partial charge < -0.3 is 72.2 Å². The zero-order valence-electron chi connectivity index (χ0n) is 34.7. The number of ether oxygens (including phenoxy) is 13. The largest absolute Gasteiger partial charge is 0.463 e. The Hall–Kier alpha value is -5.62. The maximum atomic E-state index is 12.7. The maximum Gasteiger partial charge on any atom is 0.407 e. The van der Waals surface area contributed by atoms with Gasteiger partial charge in [0.2, 0.25) is 0 Å². The number of hydrogen-bond donors (Lipinski definition) is 2. The van der Waals surface area contributed by atoms with E-state index in [0.717, 1.165) is 47.1 Å². The number of hydrogen-bond acceptors (Lipinski definition) is 21. The third-order valence-electron chi connectivity index (χ3n) is 8.27. The van der Waals surface area contributed by atoms with Crippen LogP contribution in [-0.2, 0) is 97.0 Å². The van der Waals surface area contributed by atoms with Crippen LogP contribution in [0.4, 0.5) is 9.59 Å². The molecule has 0 aliphatic carbocycles. The Labute approximate surface area is 350 Å². The van der Waals surface area contributed by atoms with Gasteiger partial charge in [-0.25, -0.2) is 9.59 Å². The van der Waals surface area contributed by atoms with E-state index in [9.17, 15) is 38.4 Å². The number of esters is 6. The Balaban J connectivity index is 1.94. The van der Waals surface area contributed by atoms with Crippen LogP contribution < -0.4 is 10.6 Å². The van der Waals surface area contributed by atoms with Gasteiger partial charge in [0.05, 0.1) is 19.8 Å². The highest BCUT2D eigenvalue weighted by molar-refractivity contribution is 5.70. The molecule has 2 aliphatic rings. The average molecular weight is 873 g/mol. The van der Waals surface area contributed by atoms with Gasteiger partial charge in [-0.1, -0.05) is 30.3 Å². The highest BCUT2D eigenvalue weighted by atomic mass is 16.8. The van der Waals surface area contributed by atoms with E-state index in [0.29, 0.717) is 0 Å². The SMILES string of the molecule is CNC(=O)O[C@@H]1[C@H](OC(C)=O)[C@@H](O[C@@H]2C(OCCOCCNC(=O)OCc3ccccc3)O[C@@H](COC(C)=O)[C@@H](OC(C)=O)[C@@H]2OC(C)=O)O[C@H](COC(C)=O)[C@H]1OC(C)=O. The van der Waals surface area contributed by atoms with Gasteiger partial charge in [-0.15, -0.1) is 0 Å². The molecular formula is C38H52N2O21. The standard InChI is InChI=1S/C38H52N2O21/c1-20(41)51-18-27-29(54-22(3)43)31(56-24(5)45)33(35(58-27)50-16-15-49-14-13-40-38(48)53-17-26-11-9-8-10-12-26)60-36-34(57-25(6)46)32(61-37(47)39-7)30(55-23(4)44)28(59-36)19-52-21(2)42/h8-12,27-36H,13-19H2,1-7H3,(H,39,47)(H,40,48)/t27-,28+,29+,30+,31-,32-,33-,34-,35?,36+/m0/s1. The molecule has 23 nitrogen and oxygen atoms in total. The van der Waals surface area contributed by atoms with E-state index in [4.69, 9.17) is 61.6 Å². The van der Waals surface area contributed by atoms with Gasteiger partial charge in [-0.2, -0.15) is 0 Å². The molecule has 2 N–H and O–H groups in total. The van der Waals surface area contributed by atoms with Crippen LogP contribution in [0.2, 0.25) is 0 Å². The van der Waals surface area contributed by atoms with Gasteiger partial charge >= 0.3 is 48.0 Å². The predicted octanol–water partition coefficient (Wildman–Crippen LogP) is 0.359. The molecule has 23 heteroatoms. The fourth-order valence-corrected chi connectivity index (χ4v) is 5.92. The van der Waals surface area contributed by atoms with Gasteiger partial charge in [0.25, 0.3) is 0 Å². The van der Waals surface area contributed by atoms with Crippen molar-refractivity contribution in [2.45, 2.75) is 110 Å². The van der Waals surface area contributed by atoms with Crippen LogP contribution in [0.3, 0.4) is 0 Å². The third kappa shape index (κ3) is 17.1. The first-order chi connectivity index (χ1) is 29.0. The predicted molar refractivity (Wildman–Crippen MR) is 198 cm³/mol. The van der Waals surface area contributed by atoms with Gasteiger partial charge in [-0.05, 0) is 5.56 Å². The molecule has 0 saturated carbocycles. The Kier molecular flexibility index (Phi) is 20.6. The molecular weight excluding hydrogens is 820 g/mol. The first-order valence-electron chi connectivity index (χ1n) is 18.9. The molecule has 2 fully saturated rings. The van der Waals surface area contributed by atoms with Crippen molar-refractivity contribution in [1.82, 2.24) is 10.6 Å². The lowest BCUT2D eigenvalue weighted by Gasteiger charge is -2.48. The maximum absolute atomic E-state index is 12.7. The number of carbonyl (C=O) groups is 8. The summed E-state index contributed by atoms with van der Waals surface area (Å²) in [4.78, 5) is 98.4. The van der Waals surface area contributed by atoms with E-state index >= 15 is 0 Å². The van der Waals surface area contributed by atoms with Crippen molar-refractivity contribution in [3.8, 4) is 0 Å². The van der Waals surface area contributed by atoms with E-state index in [2.05, 4.69) is 10.6 Å². The van der Waals surface area contributed by atoms with Crippen molar-refractivity contribution in [2.24, 2.45) is 0 Å². The molecule has 2 aliphatic heterocycles. The Morgan fingerprint density at radius 3 is 1.57 bits per heavy atom. The van der Waals surface area contributed by atoms with Gasteiger partial charge in [0, 0.05) is 55.1 Å². The number of amides is 2. The Bertz CT molecular complexity index is 1640. The van der Waals surface area contributed by atoms with Crippen molar-refractivity contribution in [1.29, 1.82) is 0 Å². The highest BCUT2D eigenvalue weighted by Crippen LogP contribution is 2.35. The Morgan fingerprint density at radius 2 is 1.05 bits per heavy atom. The molecule has 0 aromatic heterocycles. The van der Waals surface area contributed by atoms with E-state index in [1.54, 1.807) is 12.1 Å². The van der Waals surface area contributed by atoms with E-state index < -0.39 is 123 Å². The minimum Gasteiger partial charge on any atom is -0.463 e. The van der Waals surface area contributed by atoms with Gasteiger partial charge in [-0.3, -0.25) is 28.8 Å². The van der Waals surface area contributed by atoms with Crippen LogP contribution in [0.25, 0.3) is 0 Å². The quantitative estimate of drug-likeness (QED) is 0.102. The van der Waals surface area contributed by atoms with E-state index in [-0.39, 0.29) is 33.0 Å². The second-order valence-corrected chi connectivity index (χ2v) is 13.2. The Morgan fingerprint density at radius 1 is 0.541 bits per heavy atom. The molecule has 2 amide bonds. The highest BCUT2D eigenvalue weighted by Gasteiger charge is 2.57. The first-order valence-corrected chi connectivity index (χ1v) is 18.9. The molecule has 1 aromatic carbocycles. The summed E-state index contributed by atoms with van der Waals surface area (Å²) in [6, 6.07) is 9.05. The topological polar surface area (TPSA) is 281 Å². The minimum atomic E-state index is -1.87. The molecule has 340 valence electrons. The number of alkyl carbamates (subject to hydrolysis) is 2. The lowest BCUT2D eigenvalue weighted by Crippen LogP contribution is -2.67. The normalized spacial score (nSPS) is 25.7. The molecule has 2 heterocycles. The second kappa shape index (κ2) is 25.2. The molecule has 0 spiro atoms. The van der Waals surface area contributed by atoms with E-state index in [1.165, 1.54) is 7.05 Å². The molecule has 3 rings (SSSR count). The smallest absolute Gasteiger partial charge is 0.407 e. The monoisotopic (exact) mass is 872 g/mol. The number of nitrogens with one attached hydrogen (secondary N) is 2. The summed E-state index contributed by atoms with van der Waals surface area (Å²) < 4.78 is 73.3. The molecule has 0 bridgehead atoms. The molecule has 2 saturated heterocycles. The summed E-state index contributed by atoms with van der Waals surface area (Å²) in [5, 5.41) is 4.78. The lowest BCUT2D eigenvalue weighted by atomic mass is 9.96. The fourth-order valence-electron chi connectivity index (χ4n) is 5.92. The van der Waals surface area contributed by atoms with Crippen LogP contribution in [0.1, 0.15) is 47.1 Å². The van der Waals surface area contributed by atoms with Crippen molar-refractivity contribution >= 4 is 48.0 Å². The molecule has 1 aromatic rings. The fraction of sp³-hybridized carbons (Fsp3) is 0.632. The summed E-state index contributed by atoms with van der Waals surface area (Å²) in [7, 11) is 1.22. The zero-order chi connectivity index (χ0) is 45.1. The zero-order valence-corrected chi connectivity index (χ0v) is 34.7. The summed E-state index contributed by atoms with van der Waals surface area (Å²) in [6.07, 6.45) is -18.0. The summed E-state index contributed by atoms with van der Waals surface area (Å²) in [6.45, 7) is 4.94. The van der Waals surface area contributed by atoms with E-state index in [1.807, 2.05) is 18.2 Å². The van der Waals surface area contributed by atoms with Crippen molar-refractivity contribution in [3.05, 3.63) is 35.9 Å². The van der Waals surface area contributed by atoms with Crippen LogP contribution >= 0.6 is 0 Å². The summed E-state index contributed by atoms with van der Waals surface area (Å²) >= 11 is 0. The van der Waals surface area contributed by atoms with Crippen molar-refractivity contribution in [2.75, 3.05) is 46.6 Å². The van der Waals surface area contributed by atoms with Gasteiger partial charge in [0.15, 0.2) is 49.2 Å². The number of benzene rings is 1. The first kappa shape index (κ1) is 49.7. The minimum absolute atomic E-state index is 0.00878. The van der Waals surface area contributed by atoms with Gasteiger partial charge in [0.1, 0.15) is 32.0 Å². The van der Waals surface area contributed by atoms with Crippen LogP contribution in [0, 0.1) is 0 Å². The van der Waals surface area contributed by atoms with Crippen molar-refractivity contribution in [3.63, 3.8) is 0 Å². The molecule has 10 atom stereocenters. The number of carbonyl (C=O) groups excluding carboxylic acids is 8. The van der Waals surface area contributed by atoms with Crippen LogP contribution in [0.15, 0.2) is 30.3 Å². The molecule has 0 radical (unpaired) electrons. The van der Waals surface area contributed by atoms with Crippen molar-refractivity contribution < 1.29 is 99.9 Å². The lowest BCUT2D eigenvalue weighted by molar-refractivity contribution is -0.368. The van der Waals surface area contributed by atoms with Crippen LogP contribution in [-0.4, -0.2) is 156 Å². The summed E-state index contributed by atoms with van der Waals surface area (Å²) in [5.74, 6) is -5.14. The molecule has 1 unspecified atom stereocenters.